The molecule has 1 aliphatic rings. The van der Waals surface area contributed by atoms with Gasteiger partial charge >= 0.3 is 0 Å². The van der Waals surface area contributed by atoms with Crippen molar-refractivity contribution in [1.29, 1.82) is 0 Å². The zero-order valence-electron chi connectivity index (χ0n) is 12.5. The molecule has 2 amide bonds. The van der Waals surface area contributed by atoms with E-state index in [1.54, 1.807) is 18.3 Å². The first-order valence-electron chi connectivity index (χ1n) is 7.69. The van der Waals surface area contributed by atoms with Crippen LogP contribution < -0.4 is 10.6 Å². The number of rotatable bonds is 5. The number of hydrogen-bond donors (Lipinski definition) is 2. The van der Waals surface area contributed by atoms with E-state index in [1.807, 2.05) is 6.92 Å². The molecule has 0 unspecified atom stereocenters. The molecule has 0 saturated heterocycles. The van der Waals surface area contributed by atoms with Crippen molar-refractivity contribution in [2.75, 3.05) is 6.54 Å². The molecule has 2 rings (SSSR count). The first-order valence-corrected chi connectivity index (χ1v) is 7.69. The number of aromatic nitrogens is 1. The molecule has 1 fully saturated rings. The molecule has 0 radical (unpaired) electrons. The number of pyridine rings is 1. The third-order valence-corrected chi connectivity index (χ3v) is 3.95. The van der Waals surface area contributed by atoms with Crippen LogP contribution in [-0.4, -0.2) is 28.9 Å². The fraction of sp³-hybridized carbons (Fsp3) is 0.562. The van der Waals surface area contributed by atoms with Crippen LogP contribution in [0, 0.1) is 0 Å². The first kappa shape index (κ1) is 15.5. The molecule has 21 heavy (non-hydrogen) atoms. The van der Waals surface area contributed by atoms with Crippen LogP contribution in [-0.2, 0) is 4.79 Å². The van der Waals surface area contributed by atoms with Gasteiger partial charge in [0.05, 0.1) is 5.56 Å². The van der Waals surface area contributed by atoms with Crippen molar-refractivity contribution in [3.63, 3.8) is 0 Å². The van der Waals surface area contributed by atoms with Gasteiger partial charge in [-0.05, 0) is 31.4 Å². The fourth-order valence-electron chi connectivity index (χ4n) is 2.76. The van der Waals surface area contributed by atoms with E-state index in [1.165, 1.54) is 6.20 Å². The van der Waals surface area contributed by atoms with Crippen LogP contribution in [0.3, 0.4) is 0 Å². The number of amides is 2. The van der Waals surface area contributed by atoms with E-state index in [9.17, 15) is 9.59 Å². The second-order valence-electron chi connectivity index (χ2n) is 5.59. The Morgan fingerprint density at radius 1 is 1.29 bits per heavy atom. The lowest BCUT2D eigenvalue weighted by Gasteiger charge is -2.36. The molecule has 114 valence electrons. The molecular weight excluding hydrogens is 266 g/mol. The van der Waals surface area contributed by atoms with Crippen LogP contribution in [0.5, 0.6) is 0 Å². The summed E-state index contributed by atoms with van der Waals surface area (Å²) in [5.41, 5.74) is -0.272. The largest absolute Gasteiger partial charge is 0.354 e. The summed E-state index contributed by atoms with van der Waals surface area (Å²) in [6.45, 7) is 2.66. The van der Waals surface area contributed by atoms with Crippen molar-refractivity contribution in [1.82, 2.24) is 15.6 Å². The van der Waals surface area contributed by atoms with Gasteiger partial charge in [0.1, 0.15) is 5.54 Å². The summed E-state index contributed by atoms with van der Waals surface area (Å²) in [7, 11) is 0. The molecule has 1 saturated carbocycles. The van der Waals surface area contributed by atoms with E-state index in [2.05, 4.69) is 15.6 Å². The van der Waals surface area contributed by atoms with Crippen molar-refractivity contribution >= 4 is 11.8 Å². The SMILES string of the molecule is CCCNC(=O)C1(NC(=O)c2cccnc2)CCCCC1. The third-order valence-electron chi connectivity index (χ3n) is 3.95. The lowest BCUT2D eigenvalue weighted by atomic mass is 9.80. The molecule has 0 bridgehead atoms. The van der Waals surface area contributed by atoms with Gasteiger partial charge in [-0.25, -0.2) is 0 Å². The van der Waals surface area contributed by atoms with Gasteiger partial charge in [-0.1, -0.05) is 26.2 Å². The summed E-state index contributed by atoms with van der Waals surface area (Å²) in [6.07, 6.45) is 8.49. The first-order chi connectivity index (χ1) is 10.2. The van der Waals surface area contributed by atoms with Gasteiger partial charge < -0.3 is 10.6 Å². The molecule has 0 spiro atoms. The van der Waals surface area contributed by atoms with Gasteiger partial charge in [-0.15, -0.1) is 0 Å². The molecule has 1 heterocycles. The predicted octanol–water partition coefficient (Wildman–Crippen LogP) is 2.04. The standard InChI is InChI=1S/C16H23N3O2/c1-2-10-18-15(21)16(8-4-3-5-9-16)19-14(20)13-7-6-11-17-12-13/h6-7,11-12H,2-5,8-10H2,1H3,(H,18,21)(H,19,20). The maximum atomic E-state index is 12.5. The molecule has 0 aromatic carbocycles. The minimum Gasteiger partial charge on any atom is -0.354 e. The van der Waals surface area contributed by atoms with E-state index >= 15 is 0 Å². The molecule has 0 atom stereocenters. The van der Waals surface area contributed by atoms with Crippen molar-refractivity contribution in [2.45, 2.75) is 51.0 Å². The van der Waals surface area contributed by atoms with Crippen LogP contribution in [0.15, 0.2) is 24.5 Å². The van der Waals surface area contributed by atoms with Gasteiger partial charge in [0.15, 0.2) is 0 Å². The second kappa shape index (κ2) is 7.20. The minimum absolute atomic E-state index is 0.0544. The fourth-order valence-corrected chi connectivity index (χ4v) is 2.76. The Balaban J connectivity index is 2.12. The van der Waals surface area contributed by atoms with E-state index in [-0.39, 0.29) is 11.8 Å². The highest BCUT2D eigenvalue weighted by Gasteiger charge is 2.40. The molecular formula is C16H23N3O2. The van der Waals surface area contributed by atoms with Gasteiger partial charge in [-0.3, -0.25) is 14.6 Å². The molecule has 1 aromatic rings. The van der Waals surface area contributed by atoms with E-state index in [0.717, 1.165) is 25.7 Å². The normalized spacial score (nSPS) is 17.0. The molecule has 0 aliphatic heterocycles. The Bertz CT molecular complexity index is 482. The van der Waals surface area contributed by atoms with Crippen LogP contribution in [0.2, 0.25) is 0 Å². The van der Waals surface area contributed by atoms with Gasteiger partial charge in [-0.2, -0.15) is 0 Å². The summed E-state index contributed by atoms with van der Waals surface area (Å²) in [5, 5.41) is 5.90. The predicted molar refractivity (Wildman–Crippen MR) is 80.8 cm³/mol. The third kappa shape index (κ3) is 3.80. The highest BCUT2D eigenvalue weighted by molar-refractivity contribution is 5.99. The van der Waals surface area contributed by atoms with Crippen LogP contribution in [0.25, 0.3) is 0 Å². The summed E-state index contributed by atoms with van der Waals surface area (Å²) >= 11 is 0. The monoisotopic (exact) mass is 289 g/mol. The molecule has 5 nitrogen and oxygen atoms in total. The Morgan fingerprint density at radius 3 is 2.67 bits per heavy atom. The lowest BCUT2D eigenvalue weighted by molar-refractivity contribution is -0.128. The lowest BCUT2D eigenvalue weighted by Crippen LogP contribution is -2.59. The number of carbonyl (C=O) groups excluding carboxylic acids is 2. The Morgan fingerprint density at radius 2 is 2.05 bits per heavy atom. The molecule has 2 N–H and O–H groups in total. The minimum atomic E-state index is -0.764. The Kier molecular flexibility index (Phi) is 5.31. The van der Waals surface area contributed by atoms with Crippen LogP contribution in [0.4, 0.5) is 0 Å². The maximum absolute atomic E-state index is 12.5. The Hall–Kier alpha value is -1.91. The smallest absolute Gasteiger partial charge is 0.253 e. The highest BCUT2D eigenvalue weighted by Crippen LogP contribution is 2.29. The van der Waals surface area contributed by atoms with Crippen molar-refractivity contribution < 1.29 is 9.59 Å². The van der Waals surface area contributed by atoms with Crippen molar-refractivity contribution in [2.24, 2.45) is 0 Å². The average Bonchev–Trinajstić information content (AvgIpc) is 2.54. The summed E-state index contributed by atoms with van der Waals surface area (Å²) in [6, 6.07) is 3.43. The zero-order chi connectivity index (χ0) is 15.1. The molecule has 1 aromatic heterocycles. The molecule has 1 aliphatic carbocycles. The van der Waals surface area contributed by atoms with Crippen LogP contribution in [0.1, 0.15) is 55.8 Å². The quantitative estimate of drug-likeness (QED) is 0.871. The number of nitrogens with zero attached hydrogens (tertiary/aromatic N) is 1. The molecule has 5 heteroatoms. The summed E-state index contributed by atoms with van der Waals surface area (Å²) in [4.78, 5) is 28.8. The maximum Gasteiger partial charge on any atom is 0.253 e. The number of carbonyl (C=O) groups is 2. The summed E-state index contributed by atoms with van der Waals surface area (Å²) < 4.78 is 0. The van der Waals surface area contributed by atoms with Crippen molar-refractivity contribution in [3.05, 3.63) is 30.1 Å². The second-order valence-corrected chi connectivity index (χ2v) is 5.59. The average molecular weight is 289 g/mol. The Labute approximate surface area is 125 Å². The summed E-state index contributed by atoms with van der Waals surface area (Å²) in [5.74, 6) is -0.280. The van der Waals surface area contributed by atoms with E-state index in [4.69, 9.17) is 0 Å². The van der Waals surface area contributed by atoms with E-state index in [0.29, 0.717) is 24.9 Å². The van der Waals surface area contributed by atoms with Crippen molar-refractivity contribution in [3.8, 4) is 0 Å². The number of hydrogen-bond acceptors (Lipinski definition) is 3. The van der Waals surface area contributed by atoms with Gasteiger partial charge in [0.2, 0.25) is 5.91 Å². The van der Waals surface area contributed by atoms with E-state index < -0.39 is 5.54 Å². The number of nitrogens with one attached hydrogen (secondary N) is 2. The van der Waals surface area contributed by atoms with Gasteiger partial charge in [0, 0.05) is 18.9 Å². The zero-order valence-corrected chi connectivity index (χ0v) is 12.5. The topological polar surface area (TPSA) is 71.1 Å². The van der Waals surface area contributed by atoms with Gasteiger partial charge in [0.25, 0.3) is 5.91 Å². The van der Waals surface area contributed by atoms with Crippen LogP contribution >= 0.6 is 0 Å². The highest BCUT2D eigenvalue weighted by atomic mass is 16.2.